The molecule has 0 unspecified atom stereocenters. The maximum atomic E-state index is 13.0. The van der Waals surface area contributed by atoms with Crippen molar-refractivity contribution < 1.29 is 9.18 Å². The maximum Gasteiger partial charge on any atom is 0.258 e. The van der Waals surface area contributed by atoms with Crippen LogP contribution in [0.1, 0.15) is 21.5 Å². The zero-order valence-corrected chi connectivity index (χ0v) is 16.8. The summed E-state index contributed by atoms with van der Waals surface area (Å²) in [4.78, 5) is 33.2. The summed E-state index contributed by atoms with van der Waals surface area (Å²) in [6.45, 7) is 2.36. The first-order valence-electron chi connectivity index (χ1n) is 9.13. The molecule has 0 saturated carbocycles. The van der Waals surface area contributed by atoms with Crippen LogP contribution >= 0.6 is 11.3 Å². The third-order valence-corrected chi connectivity index (χ3v) is 5.15. The Morgan fingerprint density at radius 3 is 2.80 bits per heavy atom. The van der Waals surface area contributed by atoms with E-state index in [1.807, 2.05) is 31.2 Å². The third kappa shape index (κ3) is 4.49. The quantitative estimate of drug-likeness (QED) is 0.527. The first-order chi connectivity index (χ1) is 14.5. The average Bonchev–Trinajstić information content (AvgIpc) is 3.18. The minimum Gasteiger partial charge on any atom is -0.310 e. The van der Waals surface area contributed by atoms with Gasteiger partial charge in [-0.25, -0.2) is 9.37 Å². The molecule has 3 heterocycles. The minimum atomic E-state index is -0.428. The van der Waals surface area contributed by atoms with Crippen LogP contribution in [0.4, 0.5) is 9.52 Å². The predicted octanol–water partition coefficient (Wildman–Crippen LogP) is 4.11. The van der Waals surface area contributed by atoms with Gasteiger partial charge in [-0.1, -0.05) is 29.8 Å². The fourth-order valence-corrected chi connectivity index (χ4v) is 3.64. The van der Waals surface area contributed by atoms with Crippen LogP contribution in [0.5, 0.6) is 0 Å². The lowest BCUT2D eigenvalue weighted by Crippen LogP contribution is -2.22. The molecule has 150 valence electrons. The van der Waals surface area contributed by atoms with Crippen LogP contribution in [0, 0.1) is 12.7 Å². The number of hydrogen-bond acceptors (Lipinski definition) is 5. The van der Waals surface area contributed by atoms with E-state index >= 15 is 0 Å². The van der Waals surface area contributed by atoms with Crippen LogP contribution in [0.15, 0.2) is 71.1 Å². The molecule has 0 aliphatic heterocycles. The fraction of sp³-hybridized carbons (Fsp3) is 0.0909. The van der Waals surface area contributed by atoms with Crippen molar-refractivity contribution in [2.24, 2.45) is 0 Å². The summed E-state index contributed by atoms with van der Waals surface area (Å²) in [7, 11) is 0. The Hall–Kier alpha value is -3.65. The van der Waals surface area contributed by atoms with E-state index in [0.717, 1.165) is 17.3 Å². The van der Waals surface area contributed by atoms with E-state index in [1.54, 1.807) is 5.38 Å². The molecule has 0 bridgehead atoms. The van der Waals surface area contributed by atoms with E-state index in [1.165, 1.54) is 46.4 Å². The van der Waals surface area contributed by atoms with Gasteiger partial charge in [0.2, 0.25) is 0 Å². The number of carbonyl (C=O) groups excluding carboxylic acids is 1. The van der Waals surface area contributed by atoms with Crippen molar-refractivity contribution in [1.82, 2.24) is 14.5 Å². The van der Waals surface area contributed by atoms with Gasteiger partial charge in [-0.2, -0.15) is 0 Å². The van der Waals surface area contributed by atoms with E-state index in [-0.39, 0.29) is 11.5 Å². The Morgan fingerprint density at radius 2 is 2.03 bits per heavy atom. The Bertz CT molecular complexity index is 1260. The average molecular weight is 420 g/mol. The highest BCUT2D eigenvalue weighted by Crippen LogP contribution is 2.23. The van der Waals surface area contributed by atoms with Crippen molar-refractivity contribution in [3.8, 4) is 11.4 Å². The number of hydrogen-bond donors (Lipinski definition) is 1. The van der Waals surface area contributed by atoms with Crippen molar-refractivity contribution >= 4 is 22.4 Å². The second-order valence-electron chi connectivity index (χ2n) is 6.73. The molecule has 6 nitrogen and oxygen atoms in total. The monoisotopic (exact) mass is 420 g/mol. The maximum absolute atomic E-state index is 13.0. The van der Waals surface area contributed by atoms with E-state index < -0.39 is 5.82 Å². The van der Waals surface area contributed by atoms with Crippen LogP contribution in [0.3, 0.4) is 0 Å². The van der Waals surface area contributed by atoms with Crippen LogP contribution < -0.4 is 10.9 Å². The molecule has 1 amide bonds. The summed E-state index contributed by atoms with van der Waals surface area (Å²) in [5.74, 6) is -0.802. The van der Waals surface area contributed by atoms with Crippen molar-refractivity contribution in [3.63, 3.8) is 0 Å². The zero-order chi connectivity index (χ0) is 21.1. The number of amides is 1. The summed E-state index contributed by atoms with van der Waals surface area (Å²) in [5.41, 5.74) is 3.29. The Morgan fingerprint density at radius 1 is 1.17 bits per heavy atom. The minimum absolute atomic E-state index is 0.188. The number of nitrogens with zero attached hydrogens (tertiary/aromatic N) is 3. The number of rotatable bonds is 5. The SMILES string of the molecule is Cc1cccc(Cn2cc(C(=O)Nc3nc(-c4ccc(F)cn4)cs3)ccc2=O)c1. The number of aryl methyl sites for hydroxylation is 1. The summed E-state index contributed by atoms with van der Waals surface area (Å²) in [6, 6.07) is 13.5. The lowest BCUT2D eigenvalue weighted by atomic mass is 10.1. The van der Waals surface area contributed by atoms with Crippen LogP contribution in [-0.4, -0.2) is 20.4 Å². The lowest BCUT2D eigenvalue weighted by Gasteiger charge is -2.09. The van der Waals surface area contributed by atoms with Crippen LogP contribution in [0.25, 0.3) is 11.4 Å². The largest absolute Gasteiger partial charge is 0.310 e. The van der Waals surface area contributed by atoms with Crippen molar-refractivity contribution in [1.29, 1.82) is 0 Å². The van der Waals surface area contributed by atoms with Gasteiger partial charge >= 0.3 is 0 Å². The molecular weight excluding hydrogens is 403 g/mol. The molecule has 0 fully saturated rings. The van der Waals surface area contributed by atoms with E-state index in [9.17, 15) is 14.0 Å². The standard InChI is InChI=1S/C22H17FN4O2S/c1-14-3-2-4-15(9-14)11-27-12-16(5-8-20(27)28)21(29)26-22-25-19(13-30-22)18-7-6-17(23)10-24-18/h2-10,12-13H,11H2,1H3,(H,25,26,29). The molecule has 1 aromatic carbocycles. The van der Waals surface area contributed by atoms with Gasteiger partial charge in [0.15, 0.2) is 5.13 Å². The zero-order valence-electron chi connectivity index (χ0n) is 16.0. The van der Waals surface area contributed by atoms with Gasteiger partial charge in [0, 0.05) is 17.6 Å². The summed E-state index contributed by atoms with van der Waals surface area (Å²) in [6.07, 6.45) is 2.65. The highest BCUT2D eigenvalue weighted by molar-refractivity contribution is 7.14. The fourth-order valence-electron chi connectivity index (χ4n) is 2.94. The molecule has 0 spiro atoms. The molecule has 0 saturated heterocycles. The summed E-state index contributed by atoms with van der Waals surface area (Å²) in [5, 5.41) is 4.85. The molecule has 4 aromatic rings. The van der Waals surface area contributed by atoms with Gasteiger partial charge in [-0.3, -0.25) is 19.9 Å². The van der Waals surface area contributed by atoms with Gasteiger partial charge < -0.3 is 4.57 Å². The molecule has 0 atom stereocenters. The third-order valence-electron chi connectivity index (χ3n) is 4.40. The number of nitrogens with one attached hydrogen (secondary N) is 1. The number of carbonyl (C=O) groups is 1. The van der Waals surface area contributed by atoms with Crippen molar-refractivity contribution in [3.05, 3.63) is 99.2 Å². The van der Waals surface area contributed by atoms with Gasteiger partial charge in [0.1, 0.15) is 11.5 Å². The second kappa shape index (κ2) is 8.38. The van der Waals surface area contributed by atoms with Gasteiger partial charge in [0.25, 0.3) is 11.5 Å². The molecule has 3 aromatic heterocycles. The molecule has 1 N–H and O–H groups in total. The van der Waals surface area contributed by atoms with Gasteiger partial charge in [-0.15, -0.1) is 11.3 Å². The summed E-state index contributed by atoms with van der Waals surface area (Å²) >= 11 is 1.24. The predicted molar refractivity (Wildman–Crippen MR) is 114 cm³/mol. The molecule has 0 aliphatic rings. The first kappa shape index (κ1) is 19.7. The lowest BCUT2D eigenvalue weighted by molar-refractivity contribution is 0.102. The first-order valence-corrected chi connectivity index (χ1v) is 10.0. The van der Waals surface area contributed by atoms with Crippen molar-refractivity contribution in [2.45, 2.75) is 13.5 Å². The van der Waals surface area contributed by atoms with Gasteiger partial charge in [0.05, 0.1) is 24.0 Å². The Balaban J connectivity index is 1.51. The van der Waals surface area contributed by atoms with Crippen molar-refractivity contribution in [2.75, 3.05) is 5.32 Å². The number of pyridine rings is 2. The summed E-state index contributed by atoms with van der Waals surface area (Å²) < 4.78 is 14.5. The van der Waals surface area contributed by atoms with E-state index in [2.05, 4.69) is 15.3 Å². The van der Waals surface area contributed by atoms with E-state index in [0.29, 0.717) is 28.6 Å². The second-order valence-corrected chi connectivity index (χ2v) is 7.58. The van der Waals surface area contributed by atoms with Crippen LogP contribution in [0.2, 0.25) is 0 Å². The molecule has 8 heteroatoms. The number of thiazole rings is 1. The van der Waals surface area contributed by atoms with Crippen LogP contribution in [-0.2, 0) is 6.54 Å². The van der Waals surface area contributed by atoms with Gasteiger partial charge in [-0.05, 0) is 30.7 Å². The highest BCUT2D eigenvalue weighted by Gasteiger charge is 2.12. The normalized spacial score (nSPS) is 10.7. The number of anilines is 1. The molecule has 4 rings (SSSR count). The van der Waals surface area contributed by atoms with E-state index in [4.69, 9.17) is 0 Å². The number of aromatic nitrogens is 3. The highest BCUT2D eigenvalue weighted by atomic mass is 32.1. The Kier molecular flexibility index (Phi) is 5.49. The Labute approximate surface area is 175 Å². The molecule has 0 aliphatic carbocycles. The number of benzene rings is 1. The topological polar surface area (TPSA) is 76.9 Å². The smallest absolute Gasteiger partial charge is 0.258 e. The molecular formula is C22H17FN4O2S. The number of halogens is 1. The molecule has 0 radical (unpaired) electrons. The molecule has 30 heavy (non-hydrogen) atoms.